The first-order chi connectivity index (χ1) is 16.4. The van der Waals surface area contributed by atoms with Crippen molar-refractivity contribution in [3.05, 3.63) is 29.6 Å². The minimum absolute atomic E-state index is 0.319. The van der Waals surface area contributed by atoms with Crippen LogP contribution in [0.5, 0.6) is 0 Å². The maximum absolute atomic E-state index is 11.9. The summed E-state index contributed by atoms with van der Waals surface area (Å²) >= 11 is 1.25. The summed E-state index contributed by atoms with van der Waals surface area (Å²) in [5.41, 5.74) is 3.51. The molecular formula is C23H26N6O4S. The molecule has 3 aromatic rings. The Morgan fingerprint density at radius 2 is 2.00 bits per heavy atom. The van der Waals surface area contributed by atoms with Gasteiger partial charge in [0.2, 0.25) is 5.95 Å². The van der Waals surface area contributed by atoms with Gasteiger partial charge >= 0.3 is 12.0 Å². The van der Waals surface area contributed by atoms with Crippen LogP contribution in [0.4, 0.5) is 15.9 Å². The highest BCUT2D eigenvalue weighted by atomic mass is 32.1. The molecule has 34 heavy (non-hydrogen) atoms. The number of urea groups is 1. The van der Waals surface area contributed by atoms with Gasteiger partial charge in [-0.3, -0.25) is 14.9 Å². The summed E-state index contributed by atoms with van der Waals surface area (Å²) in [4.78, 5) is 50.7. The number of nitrogens with one attached hydrogen (secondary N) is 2. The van der Waals surface area contributed by atoms with Gasteiger partial charge in [0.15, 0.2) is 11.4 Å². The molecule has 3 heterocycles. The molecule has 1 aromatic carbocycles. The molecule has 10 nitrogen and oxygen atoms in total. The zero-order valence-corrected chi connectivity index (χ0v) is 19.8. The van der Waals surface area contributed by atoms with Crippen LogP contribution in [0.15, 0.2) is 18.3 Å². The number of thiazole rings is 1. The average molecular weight is 483 g/mol. The number of hydrogen-bond donors (Lipinski definition) is 3. The van der Waals surface area contributed by atoms with E-state index < -0.39 is 5.97 Å². The molecule has 0 spiro atoms. The van der Waals surface area contributed by atoms with Crippen molar-refractivity contribution in [2.45, 2.75) is 33.1 Å². The van der Waals surface area contributed by atoms with Crippen molar-refractivity contribution >= 4 is 50.9 Å². The third-order valence-electron chi connectivity index (χ3n) is 5.83. The molecule has 3 N–H and O–H groups in total. The van der Waals surface area contributed by atoms with E-state index in [0.29, 0.717) is 65.8 Å². The van der Waals surface area contributed by atoms with E-state index in [9.17, 15) is 19.5 Å². The summed E-state index contributed by atoms with van der Waals surface area (Å²) in [5, 5.41) is 15.0. The van der Waals surface area contributed by atoms with Crippen molar-refractivity contribution in [1.29, 1.82) is 0 Å². The molecule has 1 fully saturated rings. The second-order valence-corrected chi connectivity index (χ2v) is 9.02. The number of amides is 2. The van der Waals surface area contributed by atoms with Crippen LogP contribution >= 0.6 is 11.3 Å². The van der Waals surface area contributed by atoms with Crippen molar-refractivity contribution in [3.63, 3.8) is 0 Å². The number of carboxylic acid groups (broad SMARTS) is 1. The summed E-state index contributed by atoms with van der Waals surface area (Å²) in [7, 11) is 0. The summed E-state index contributed by atoms with van der Waals surface area (Å²) in [6, 6.07) is 3.32. The number of carbonyl (C=O) groups excluding carboxylic acids is 2. The van der Waals surface area contributed by atoms with Gasteiger partial charge in [-0.15, -0.1) is 0 Å². The lowest BCUT2D eigenvalue weighted by Crippen LogP contribution is -2.37. The minimum Gasteiger partial charge on any atom is -0.481 e. The Morgan fingerprint density at radius 3 is 2.65 bits per heavy atom. The zero-order chi connectivity index (χ0) is 24.2. The van der Waals surface area contributed by atoms with Gasteiger partial charge < -0.3 is 15.3 Å². The fourth-order valence-electron chi connectivity index (χ4n) is 4.05. The first-order valence-corrected chi connectivity index (χ1v) is 12.0. The van der Waals surface area contributed by atoms with E-state index in [1.165, 1.54) is 11.3 Å². The van der Waals surface area contributed by atoms with Crippen LogP contribution in [-0.4, -0.2) is 58.0 Å². The summed E-state index contributed by atoms with van der Waals surface area (Å²) < 4.78 is 0.697. The van der Waals surface area contributed by atoms with Gasteiger partial charge in [0, 0.05) is 37.0 Å². The molecule has 2 aromatic heterocycles. The molecule has 0 aliphatic carbocycles. The number of rotatable bonds is 7. The molecule has 0 atom stereocenters. The maximum atomic E-state index is 11.9. The summed E-state index contributed by atoms with van der Waals surface area (Å²) in [5.74, 6) is -0.485. The van der Waals surface area contributed by atoms with Crippen molar-refractivity contribution in [2.24, 2.45) is 5.92 Å². The van der Waals surface area contributed by atoms with Crippen molar-refractivity contribution in [1.82, 2.24) is 20.3 Å². The van der Waals surface area contributed by atoms with E-state index in [1.54, 1.807) is 12.3 Å². The molecule has 178 valence electrons. The third kappa shape index (κ3) is 4.84. The van der Waals surface area contributed by atoms with Crippen LogP contribution in [0.1, 0.15) is 42.7 Å². The first kappa shape index (κ1) is 23.6. The lowest BCUT2D eigenvalue weighted by molar-refractivity contribution is -0.142. The van der Waals surface area contributed by atoms with Gasteiger partial charge in [-0.2, -0.15) is 0 Å². The van der Waals surface area contributed by atoms with Crippen LogP contribution in [0, 0.1) is 5.92 Å². The molecule has 4 rings (SSSR count). The largest absolute Gasteiger partial charge is 0.481 e. The van der Waals surface area contributed by atoms with Gasteiger partial charge in [0.05, 0.1) is 21.8 Å². The monoisotopic (exact) mass is 482 g/mol. The number of carbonyl (C=O) groups is 3. The molecule has 0 saturated carbocycles. The number of benzene rings is 1. The van der Waals surface area contributed by atoms with Crippen molar-refractivity contribution < 1.29 is 19.5 Å². The second-order valence-electron chi connectivity index (χ2n) is 8.02. The fourth-order valence-corrected chi connectivity index (χ4v) is 4.97. The normalized spacial score (nSPS) is 14.2. The topological polar surface area (TPSA) is 137 Å². The number of fused-ring (bicyclic) bond motifs is 1. The SMILES string of the molecule is CCNC(=O)Nc1nc2cc(-c3cnc(N4CCC(C(=O)O)CC4)nc3CC)cc(C=O)c2s1. The predicted octanol–water partition coefficient (Wildman–Crippen LogP) is 3.57. The van der Waals surface area contributed by atoms with Gasteiger partial charge in [-0.1, -0.05) is 18.3 Å². The van der Waals surface area contributed by atoms with E-state index in [-0.39, 0.29) is 11.9 Å². The number of piperidine rings is 1. The van der Waals surface area contributed by atoms with Gasteiger partial charge in [-0.05, 0) is 43.9 Å². The maximum Gasteiger partial charge on any atom is 0.321 e. The van der Waals surface area contributed by atoms with Gasteiger partial charge in [-0.25, -0.2) is 19.7 Å². The average Bonchev–Trinajstić information content (AvgIpc) is 3.25. The highest BCUT2D eigenvalue weighted by molar-refractivity contribution is 7.22. The Labute approximate surface area is 200 Å². The number of aryl methyl sites for hydroxylation is 1. The Bertz CT molecular complexity index is 1240. The number of aldehydes is 1. The van der Waals surface area contributed by atoms with Gasteiger partial charge in [0.1, 0.15) is 0 Å². The smallest absolute Gasteiger partial charge is 0.321 e. The molecule has 1 aliphatic rings. The first-order valence-electron chi connectivity index (χ1n) is 11.2. The van der Waals surface area contributed by atoms with Crippen LogP contribution < -0.4 is 15.5 Å². The lowest BCUT2D eigenvalue weighted by atomic mass is 9.97. The highest BCUT2D eigenvalue weighted by Gasteiger charge is 2.26. The van der Waals surface area contributed by atoms with Crippen LogP contribution in [0.25, 0.3) is 21.3 Å². The molecule has 0 bridgehead atoms. The standard InChI is InChI=1S/C23H26N6O4S/c1-3-17-16(11-25-21(26-17)29-7-5-13(6-8-29)20(31)32)14-9-15(12-30)19-18(10-14)27-23(34-19)28-22(33)24-4-2/h9-13H,3-8H2,1-2H3,(H,31,32)(H2,24,27,28,33). The van der Waals surface area contributed by atoms with Crippen LogP contribution in [0.3, 0.4) is 0 Å². The number of nitrogens with zero attached hydrogens (tertiary/aromatic N) is 4. The predicted molar refractivity (Wildman–Crippen MR) is 131 cm³/mol. The van der Waals surface area contributed by atoms with Crippen LogP contribution in [0.2, 0.25) is 0 Å². The lowest BCUT2D eigenvalue weighted by Gasteiger charge is -2.30. The molecule has 0 radical (unpaired) electrons. The Morgan fingerprint density at radius 1 is 1.24 bits per heavy atom. The number of anilines is 2. The highest BCUT2D eigenvalue weighted by Crippen LogP contribution is 2.34. The minimum atomic E-state index is -0.752. The van der Waals surface area contributed by atoms with E-state index in [1.807, 2.05) is 24.8 Å². The van der Waals surface area contributed by atoms with E-state index >= 15 is 0 Å². The molecule has 11 heteroatoms. The third-order valence-corrected chi connectivity index (χ3v) is 6.87. The molecule has 1 aliphatic heterocycles. The molecule has 0 unspecified atom stereocenters. The number of hydrogen-bond acceptors (Lipinski definition) is 8. The second kappa shape index (κ2) is 10.1. The number of carboxylic acids is 1. The van der Waals surface area contributed by atoms with E-state index in [2.05, 4.69) is 20.6 Å². The molecule has 1 saturated heterocycles. The van der Waals surface area contributed by atoms with Crippen molar-refractivity contribution in [3.8, 4) is 11.1 Å². The quantitative estimate of drug-likeness (QED) is 0.435. The Kier molecular flexibility index (Phi) is 7.01. The Hall–Kier alpha value is -3.60. The fraction of sp³-hybridized carbons (Fsp3) is 0.391. The van der Waals surface area contributed by atoms with Crippen molar-refractivity contribution in [2.75, 3.05) is 29.9 Å². The zero-order valence-electron chi connectivity index (χ0n) is 19.0. The summed E-state index contributed by atoms with van der Waals surface area (Å²) in [6.45, 7) is 5.52. The number of aromatic nitrogens is 3. The Balaban J connectivity index is 1.64. The van der Waals surface area contributed by atoms with Crippen LogP contribution in [-0.2, 0) is 11.2 Å². The van der Waals surface area contributed by atoms with E-state index in [4.69, 9.17) is 4.98 Å². The number of aliphatic carboxylic acids is 1. The van der Waals surface area contributed by atoms with E-state index in [0.717, 1.165) is 23.1 Å². The molecular weight excluding hydrogens is 456 g/mol. The molecule has 2 amide bonds. The summed E-state index contributed by atoms with van der Waals surface area (Å²) in [6.07, 6.45) is 4.33. The van der Waals surface area contributed by atoms with Gasteiger partial charge in [0.25, 0.3) is 0 Å².